The van der Waals surface area contributed by atoms with Gasteiger partial charge in [0.05, 0.1) is 5.69 Å². The minimum absolute atomic E-state index is 0.743. The smallest absolute Gasteiger partial charge is 0.0590 e. The van der Waals surface area contributed by atoms with Gasteiger partial charge in [-0.15, -0.1) is 0 Å². The Hall–Kier alpha value is -0.480. The Morgan fingerprint density at radius 2 is 1.60 bits per heavy atom. The van der Waals surface area contributed by atoms with Crippen LogP contribution in [0.3, 0.4) is 0 Å². The number of nitrogens with two attached hydrogens (primary N) is 1. The number of nitrogen functional groups attached to an aromatic ring is 1. The summed E-state index contributed by atoms with van der Waals surface area (Å²) in [5.74, 6) is 0. The molecule has 0 fully saturated rings. The van der Waals surface area contributed by atoms with Crippen molar-refractivity contribution < 1.29 is 0 Å². The number of hydrogen-bond donors (Lipinski definition) is 3. The molecule has 0 aliphatic carbocycles. The second-order valence-corrected chi connectivity index (χ2v) is 3.00. The maximum Gasteiger partial charge on any atom is 0.0590 e. The second-order valence-electron chi connectivity index (χ2n) is 1.88. The third-order valence-electron chi connectivity index (χ3n) is 1.12. The highest BCUT2D eigenvalue weighted by molar-refractivity contribution is 8.00. The van der Waals surface area contributed by atoms with Gasteiger partial charge in [-0.05, 0) is 24.3 Å². The first-order valence-electron chi connectivity index (χ1n) is 2.73. The molecule has 54 valence electrons. The summed E-state index contributed by atoms with van der Waals surface area (Å²) >= 11 is 7.96. The highest BCUT2D eigenvalue weighted by Gasteiger charge is 1.93. The van der Waals surface area contributed by atoms with E-state index in [1.165, 1.54) is 3.71 Å². The fraction of sp³-hybridized carbons (Fsp3) is 0. The molecule has 2 nitrogen and oxygen atoms in total. The summed E-state index contributed by atoms with van der Waals surface area (Å²) in [6, 6.07) is 7.29. The van der Waals surface area contributed by atoms with E-state index in [1.807, 2.05) is 12.1 Å². The van der Waals surface area contributed by atoms with Crippen LogP contribution in [0, 0.1) is 0 Å². The monoisotopic (exact) mass is 172 g/mol. The summed E-state index contributed by atoms with van der Waals surface area (Å²) in [5, 5.41) is 0. The second kappa shape index (κ2) is 3.07. The fourth-order valence-corrected chi connectivity index (χ4v) is 0.874. The Morgan fingerprint density at radius 1 is 1.10 bits per heavy atom. The topological polar surface area (TPSA) is 29.3 Å². The summed E-state index contributed by atoms with van der Waals surface area (Å²) in [7, 11) is 0. The van der Waals surface area contributed by atoms with Gasteiger partial charge in [-0.25, -0.2) is 0 Å². The molecule has 1 aromatic rings. The summed E-state index contributed by atoms with van der Waals surface area (Å²) in [6.45, 7) is 0. The van der Waals surface area contributed by atoms with Crippen molar-refractivity contribution in [2.75, 3.05) is 9.44 Å². The Labute approximate surface area is 71.1 Å². The van der Waals surface area contributed by atoms with Crippen molar-refractivity contribution in [3.8, 4) is 0 Å². The SMILES string of the molecule is Nc1ccc(N(S)S)cc1. The predicted molar refractivity (Wildman–Crippen MR) is 51.3 cm³/mol. The van der Waals surface area contributed by atoms with Gasteiger partial charge in [-0.3, -0.25) is 3.71 Å². The van der Waals surface area contributed by atoms with E-state index in [0.717, 1.165) is 11.4 Å². The van der Waals surface area contributed by atoms with Crippen LogP contribution < -0.4 is 9.44 Å². The molecule has 4 heteroatoms. The van der Waals surface area contributed by atoms with Gasteiger partial charge >= 0.3 is 0 Å². The fourth-order valence-electron chi connectivity index (χ4n) is 0.608. The maximum absolute atomic E-state index is 5.46. The van der Waals surface area contributed by atoms with Crippen LogP contribution in [-0.2, 0) is 0 Å². The lowest BCUT2D eigenvalue weighted by Crippen LogP contribution is -1.92. The van der Waals surface area contributed by atoms with E-state index in [-0.39, 0.29) is 0 Å². The minimum atomic E-state index is 0.743. The number of nitrogens with zero attached hydrogens (tertiary/aromatic N) is 1. The zero-order valence-corrected chi connectivity index (χ0v) is 7.02. The zero-order valence-electron chi connectivity index (χ0n) is 5.23. The summed E-state index contributed by atoms with van der Waals surface area (Å²) in [5.41, 5.74) is 7.10. The van der Waals surface area contributed by atoms with Crippen molar-refractivity contribution in [2.45, 2.75) is 0 Å². The van der Waals surface area contributed by atoms with Crippen LogP contribution >= 0.6 is 25.6 Å². The van der Waals surface area contributed by atoms with Crippen molar-refractivity contribution >= 4 is 37.0 Å². The van der Waals surface area contributed by atoms with Gasteiger partial charge in [-0.1, -0.05) is 25.6 Å². The molecular weight excluding hydrogens is 164 g/mol. The van der Waals surface area contributed by atoms with Crippen LogP contribution in [0.1, 0.15) is 0 Å². The maximum atomic E-state index is 5.46. The first-order valence-corrected chi connectivity index (χ1v) is 3.53. The standard InChI is InChI=1S/C6H8N2S2/c7-5-1-3-6(4-2-5)8(9)10/h1-4,9-10H,7H2. The van der Waals surface area contributed by atoms with Gasteiger partial charge in [0.2, 0.25) is 0 Å². The molecule has 0 saturated carbocycles. The molecular formula is C6H8N2S2. The van der Waals surface area contributed by atoms with Crippen molar-refractivity contribution in [2.24, 2.45) is 0 Å². The molecule has 0 spiro atoms. The number of rotatable bonds is 1. The van der Waals surface area contributed by atoms with Crippen molar-refractivity contribution in [3.05, 3.63) is 24.3 Å². The largest absolute Gasteiger partial charge is 0.399 e. The molecule has 0 radical (unpaired) electrons. The highest BCUT2D eigenvalue weighted by Crippen LogP contribution is 2.18. The van der Waals surface area contributed by atoms with E-state index in [1.54, 1.807) is 12.1 Å². The highest BCUT2D eigenvalue weighted by atomic mass is 32.2. The van der Waals surface area contributed by atoms with Crippen LogP contribution in [0.4, 0.5) is 11.4 Å². The molecule has 0 bridgehead atoms. The van der Waals surface area contributed by atoms with Crippen molar-refractivity contribution in [1.29, 1.82) is 0 Å². The molecule has 0 saturated heterocycles. The summed E-state index contributed by atoms with van der Waals surface area (Å²) in [4.78, 5) is 0. The predicted octanol–water partition coefficient (Wildman–Crippen LogP) is 1.76. The molecule has 0 aromatic heterocycles. The third kappa shape index (κ3) is 1.75. The van der Waals surface area contributed by atoms with Crippen LogP contribution in [0.25, 0.3) is 0 Å². The number of hydrogen-bond acceptors (Lipinski definition) is 4. The zero-order chi connectivity index (χ0) is 7.56. The molecule has 1 rings (SSSR count). The van der Waals surface area contributed by atoms with Gasteiger partial charge in [0.15, 0.2) is 0 Å². The van der Waals surface area contributed by atoms with E-state index >= 15 is 0 Å². The van der Waals surface area contributed by atoms with Gasteiger partial charge in [-0.2, -0.15) is 0 Å². The van der Waals surface area contributed by atoms with Crippen molar-refractivity contribution in [1.82, 2.24) is 0 Å². The molecule has 10 heavy (non-hydrogen) atoms. The normalized spacial score (nSPS) is 9.40. The Balaban J connectivity index is 2.89. The van der Waals surface area contributed by atoms with E-state index in [9.17, 15) is 0 Å². The van der Waals surface area contributed by atoms with Crippen molar-refractivity contribution in [3.63, 3.8) is 0 Å². The van der Waals surface area contributed by atoms with Crippen LogP contribution in [0.15, 0.2) is 24.3 Å². The van der Waals surface area contributed by atoms with E-state index in [0.29, 0.717) is 0 Å². The van der Waals surface area contributed by atoms with Gasteiger partial charge in [0, 0.05) is 5.69 Å². The number of benzene rings is 1. The molecule has 0 aliphatic rings. The molecule has 0 heterocycles. The lowest BCUT2D eigenvalue weighted by atomic mass is 10.3. The number of anilines is 2. The van der Waals surface area contributed by atoms with E-state index < -0.39 is 0 Å². The van der Waals surface area contributed by atoms with Gasteiger partial charge in [0.1, 0.15) is 0 Å². The average molecular weight is 172 g/mol. The first-order chi connectivity index (χ1) is 4.70. The first kappa shape index (κ1) is 7.63. The van der Waals surface area contributed by atoms with Crippen LogP contribution in [0.2, 0.25) is 0 Å². The lowest BCUT2D eigenvalue weighted by molar-refractivity contribution is 1.61. The lowest BCUT2D eigenvalue weighted by Gasteiger charge is -2.07. The Morgan fingerprint density at radius 3 is 2.00 bits per heavy atom. The minimum Gasteiger partial charge on any atom is -0.399 e. The van der Waals surface area contributed by atoms with Gasteiger partial charge in [0.25, 0.3) is 0 Å². The summed E-state index contributed by atoms with van der Waals surface area (Å²) < 4.78 is 1.43. The number of thiol groups is 2. The van der Waals surface area contributed by atoms with E-state index in [2.05, 4.69) is 25.6 Å². The van der Waals surface area contributed by atoms with Crippen LogP contribution in [0.5, 0.6) is 0 Å². The quantitative estimate of drug-likeness (QED) is 0.445. The molecule has 0 aliphatic heterocycles. The van der Waals surface area contributed by atoms with Gasteiger partial charge < -0.3 is 5.73 Å². The molecule has 2 N–H and O–H groups in total. The summed E-state index contributed by atoms with van der Waals surface area (Å²) in [6.07, 6.45) is 0. The Kier molecular flexibility index (Phi) is 2.34. The molecule has 1 aromatic carbocycles. The van der Waals surface area contributed by atoms with E-state index in [4.69, 9.17) is 5.73 Å². The van der Waals surface area contributed by atoms with Crippen LogP contribution in [-0.4, -0.2) is 0 Å². The third-order valence-corrected chi connectivity index (χ3v) is 1.59. The average Bonchev–Trinajstić information content (AvgIpc) is 1.88. The Bertz CT molecular complexity index is 207. The molecule has 0 unspecified atom stereocenters. The molecule has 0 atom stereocenters. The molecule has 0 amide bonds.